The third-order valence-electron chi connectivity index (χ3n) is 7.00. The van der Waals surface area contributed by atoms with Crippen molar-refractivity contribution in [2.75, 3.05) is 31.1 Å². The van der Waals surface area contributed by atoms with Crippen LogP contribution in [0.5, 0.6) is 0 Å². The maximum Gasteiger partial charge on any atom is 0.270 e. The Morgan fingerprint density at radius 1 is 0.903 bits per heavy atom. The predicted octanol–water partition coefficient (Wildman–Crippen LogP) is 4.51. The molecule has 6 rings (SSSR count). The molecule has 1 aliphatic heterocycles. The molecule has 2 aromatic carbocycles. The molecular weight excluding hydrogens is 384 g/mol. The number of hydrogen-bond donors (Lipinski definition) is 0. The summed E-state index contributed by atoms with van der Waals surface area (Å²) < 4.78 is 4.55. The molecule has 2 aliphatic rings. The molecule has 31 heavy (non-hydrogen) atoms. The lowest BCUT2D eigenvalue weighted by Crippen LogP contribution is -2.49. The monoisotopic (exact) mass is 412 g/mol. The first-order chi connectivity index (χ1) is 15.2. The summed E-state index contributed by atoms with van der Waals surface area (Å²) in [7, 11) is 2.05. The van der Waals surface area contributed by atoms with Crippen LogP contribution in [-0.2, 0) is 13.6 Å². The van der Waals surface area contributed by atoms with Gasteiger partial charge in [0.15, 0.2) is 0 Å². The van der Waals surface area contributed by atoms with Crippen LogP contribution in [0.1, 0.15) is 23.3 Å². The number of anilines is 1. The van der Waals surface area contributed by atoms with Crippen molar-refractivity contribution in [2.45, 2.75) is 19.4 Å². The van der Waals surface area contributed by atoms with Crippen molar-refractivity contribution in [1.82, 2.24) is 14.0 Å². The van der Waals surface area contributed by atoms with Gasteiger partial charge in [0.05, 0.1) is 16.6 Å². The van der Waals surface area contributed by atoms with E-state index in [1.54, 1.807) is 0 Å². The van der Waals surface area contributed by atoms with Gasteiger partial charge in [-0.2, -0.15) is 0 Å². The Bertz CT molecular complexity index is 1260. The number of rotatable bonds is 4. The highest BCUT2D eigenvalue weighted by Gasteiger charge is 2.28. The Morgan fingerprint density at radius 3 is 2.35 bits per heavy atom. The minimum absolute atomic E-state index is 0.147. The van der Waals surface area contributed by atoms with Crippen LogP contribution >= 0.6 is 0 Å². The maximum atomic E-state index is 13.5. The summed E-state index contributed by atoms with van der Waals surface area (Å²) in [5.74, 6) is 0.929. The van der Waals surface area contributed by atoms with E-state index in [1.807, 2.05) is 18.0 Å². The lowest BCUT2D eigenvalue weighted by atomic mass is 10.2. The van der Waals surface area contributed by atoms with Crippen LogP contribution in [0.3, 0.4) is 0 Å². The Kier molecular flexibility index (Phi) is 4.30. The van der Waals surface area contributed by atoms with Crippen molar-refractivity contribution in [3.63, 3.8) is 0 Å². The molecular formula is C26H28N4O. The number of amides is 1. The van der Waals surface area contributed by atoms with Crippen LogP contribution in [0.15, 0.2) is 60.7 Å². The second-order valence-electron chi connectivity index (χ2n) is 9.01. The first-order valence-electron chi connectivity index (χ1n) is 11.4. The summed E-state index contributed by atoms with van der Waals surface area (Å²) in [6.07, 6.45) is 2.64. The van der Waals surface area contributed by atoms with Gasteiger partial charge in [0, 0.05) is 50.8 Å². The fourth-order valence-electron chi connectivity index (χ4n) is 5.08. The summed E-state index contributed by atoms with van der Waals surface area (Å²) in [5.41, 5.74) is 5.70. The second kappa shape index (κ2) is 7.19. The van der Waals surface area contributed by atoms with Gasteiger partial charge in [-0.05, 0) is 43.0 Å². The number of piperazine rings is 1. The number of nitrogens with zero attached hydrogens (tertiary/aromatic N) is 4. The van der Waals surface area contributed by atoms with Crippen molar-refractivity contribution in [3.8, 4) is 0 Å². The Balaban J connectivity index is 1.31. The average Bonchev–Trinajstić information content (AvgIpc) is 3.51. The van der Waals surface area contributed by atoms with Crippen LogP contribution in [0, 0.1) is 5.92 Å². The highest BCUT2D eigenvalue weighted by molar-refractivity contribution is 6.10. The minimum Gasteiger partial charge on any atom is -0.368 e. The maximum absolute atomic E-state index is 13.5. The first-order valence-corrected chi connectivity index (χ1v) is 11.4. The molecule has 0 radical (unpaired) electrons. The van der Waals surface area contributed by atoms with E-state index in [0.717, 1.165) is 44.3 Å². The topological polar surface area (TPSA) is 33.4 Å². The number of aromatic nitrogens is 2. The Morgan fingerprint density at radius 2 is 1.61 bits per heavy atom. The van der Waals surface area contributed by atoms with Crippen molar-refractivity contribution in [3.05, 3.63) is 66.4 Å². The van der Waals surface area contributed by atoms with Gasteiger partial charge in [-0.15, -0.1) is 0 Å². The van der Waals surface area contributed by atoms with Crippen LogP contribution in [-0.4, -0.2) is 46.1 Å². The summed E-state index contributed by atoms with van der Waals surface area (Å²) >= 11 is 0. The smallest absolute Gasteiger partial charge is 0.270 e. The van der Waals surface area contributed by atoms with E-state index < -0.39 is 0 Å². The third kappa shape index (κ3) is 3.11. The van der Waals surface area contributed by atoms with Crippen molar-refractivity contribution >= 4 is 33.5 Å². The largest absolute Gasteiger partial charge is 0.368 e. The standard InChI is InChI=1S/C26H28N4O/c1-27-24(26(31)29-15-13-28(14-16-29)20-7-3-2-4-8-20)17-23-25(27)21-9-5-6-10-22(21)30(23)18-19-11-12-19/h2-10,17,19H,11-16,18H2,1H3. The van der Waals surface area contributed by atoms with E-state index in [9.17, 15) is 4.79 Å². The highest BCUT2D eigenvalue weighted by atomic mass is 16.2. The van der Waals surface area contributed by atoms with Gasteiger partial charge >= 0.3 is 0 Å². The van der Waals surface area contributed by atoms with Crippen molar-refractivity contribution in [1.29, 1.82) is 0 Å². The summed E-state index contributed by atoms with van der Waals surface area (Å²) in [6.45, 7) is 4.31. The number of para-hydroxylation sites is 2. The average molecular weight is 413 g/mol. The molecule has 1 saturated heterocycles. The number of benzene rings is 2. The first kappa shape index (κ1) is 18.6. The van der Waals surface area contributed by atoms with E-state index in [1.165, 1.54) is 40.5 Å². The molecule has 1 aliphatic carbocycles. The lowest BCUT2D eigenvalue weighted by Gasteiger charge is -2.36. The SMILES string of the molecule is Cn1c(C(=O)N2CCN(c3ccccc3)CC2)cc2c1c1ccccc1n2CC1CC1. The molecule has 5 nitrogen and oxygen atoms in total. The van der Waals surface area contributed by atoms with Gasteiger partial charge in [0.25, 0.3) is 5.91 Å². The molecule has 4 aromatic rings. The van der Waals surface area contributed by atoms with E-state index >= 15 is 0 Å². The van der Waals surface area contributed by atoms with Gasteiger partial charge in [-0.3, -0.25) is 4.79 Å². The molecule has 1 saturated carbocycles. The van der Waals surface area contributed by atoms with Gasteiger partial charge < -0.3 is 18.9 Å². The number of carbonyl (C=O) groups is 1. The van der Waals surface area contributed by atoms with Crippen molar-refractivity contribution in [2.24, 2.45) is 13.0 Å². The van der Waals surface area contributed by atoms with E-state index in [0.29, 0.717) is 0 Å². The van der Waals surface area contributed by atoms with Gasteiger partial charge in [0.2, 0.25) is 0 Å². The minimum atomic E-state index is 0.147. The van der Waals surface area contributed by atoms with E-state index in [-0.39, 0.29) is 5.91 Å². The zero-order valence-corrected chi connectivity index (χ0v) is 18.0. The molecule has 0 spiro atoms. The van der Waals surface area contributed by atoms with Gasteiger partial charge in [-0.1, -0.05) is 36.4 Å². The number of carbonyl (C=O) groups excluding carboxylic acids is 1. The molecule has 3 heterocycles. The highest BCUT2D eigenvalue weighted by Crippen LogP contribution is 2.37. The molecule has 2 aromatic heterocycles. The predicted molar refractivity (Wildman–Crippen MR) is 126 cm³/mol. The van der Waals surface area contributed by atoms with Crippen molar-refractivity contribution < 1.29 is 4.79 Å². The second-order valence-corrected chi connectivity index (χ2v) is 9.01. The van der Waals surface area contributed by atoms with Crippen LogP contribution < -0.4 is 4.90 Å². The summed E-state index contributed by atoms with van der Waals surface area (Å²) in [5, 5.41) is 1.24. The van der Waals surface area contributed by atoms with E-state index in [4.69, 9.17) is 0 Å². The normalized spacial score (nSPS) is 17.1. The number of fused-ring (bicyclic) bond motifs is 3. The van der Waals surface area contributed by atoms with Gasteiger partial charge in [0.1, 0.15) is 5.69 Å². The summed E-state index contributed by atoms with van der Waals surface area (Å²) in [6, 6.07) is 21.2. The third-order valence-corrected chi connectivity index (χ3v) is 7.00. The molecule has 0 bridgehead atoms. The fourth-order valence-corrected chi connectivity index (χ4v) is 5.08. The quantitative estimate of drug-likeness (QED) is 0.494. The molecule has 0 atom stereocenters. The van der Waals surface area contributed by atoms with Crippen LogP contribution in [0.25, 0.3) is 21.9 Å². The molecule has 1 amide bonds. The number of aryl methyl sites for hydroxylation is 1. The van der Waals surface area contributed by atoms with E-state index in [2.05, 4.69) is 68.6 Å². The molecule has 0 N–H and O–H groups in total. The number of hydrogen-bond acceptors (Lipinski definition) is 2. The fraction of sp³-hybridized carbons (Fsp3) is 0.346. The van der Waals surface area contributed by atoms with Gasteiger partial charge in [-0.25, -0.2) is 0 Å². The zero-order valence-electron chi connectivity index (χ0n) is 18.0. The Hall–Kier alpha value is -3.21. The lowest BCUT2D eigenvalue weighted by molar-refractivity contribution is 0.0737. The van der Waals surface area contributed by atoms with Crippen LogP contribution in [0.2, 0.25) is 0 Å². The van der Waals surface area contributed by atoms with Crippen LogP contribution in [0.4, 0.5) is 5.69 Å². The molecule has 2 fully saturated rings. The molecule has 158 valence electrons. The summed E-state index contributed by atoms with van der Waals surface area (Å²) in [4.78, 5) is 17.9. The Labute approximate surface area is 182 Å². The zero-order chi connectivity index (χ0) is 20.9. The molecule has 0 unspecified atom stereocenters. The molecule has 5 heteroatoms.